The number of hydrogen-bond acceptors (Lipinski definition) is 2. The molecule has 16 heavy (non-hydrogen) atoms. The van der Waals surface area contributed by atoms with E-state index in [0.717, 1.165) is 5.56 Å². The lowest BCUT2D eigenvalue weighted by molar-refractivity contribution is -0.127. The van der Waals surface area contributed by atoms with Crippen molar-refractivity contribution in [1.29, 1.82) is 0 Å². The van der Waals surface area contributed by atoms with Crippen LogP contribution in [0.3, 0.4) is 0 Å². The van der Waals surface area contributed by atoms with Gasteiger partial charge in [0.25, 0.3) is 0 Å². The SMILES string of the molecule is CC(C)(C)OCC(=O)Cc1ccccc1Cl. The highest BCUT2D eigenvalue weighted by molar-refractivity contribution is 6.31. The molecule has 0 atom stereocenters. The van der Waals surface area contributed by atoms with E-state index in [9.17, 15) is 4.79 Å². The molecule has 0 unspecified atom stereocenters. The summed E-state index contributed by atoms with van der Waals surface area (Å²) in [5, 5.41) is 0.631. The molecule has 0 fully saturated rings. The molecule has 1 aromatic carbocycles. The maximum Gasteiger partial charge on any atom is 0.162 e. The molecule has 0 spiro atoms. The first-order valence-electron chi connectivity index (χ1n) is 5.27. The van der Waals surface area contributed by atoms with Gasteiger partial charge in [-0.25, -0.2) is 0 Å². The largest absolute Gasteiger partial charge is 0.368 e. The lowest BCUT2D eigenvalue weighted by Crippen LogP contribution is -2.24. The number of rotatable bonds is 4. The van der Waals surface area contributed by atoms with Gasteiger partial charge in [-0.15, -0.1) is 0 Å². The van der Waals surface area contributed by atoms with Crippen LogP contribution in [-0.2, 0) is 16.0 Å². The zero-order chi connectivity index (χ0) is 12.2. The summed E-state index contributed by atoms with van der Waals surface area (Å²) in [5.41, 5.74) is 0.572. The topological polar surface area (TPSA) is 26.3 Å². The van der Waals surface area contributed by atoms with Crippen molar-refractivity contribution in [2.75, 3.05) is 6.61 Å². The van der Waals surface area contributed by atoms with E-state index < -0.39 is 0 Å². The van der Waals surface area contributed by atoms with E-state index >= 15 is 0 Å². The Labute approximate surface area is 102 Å². The Balaban J connectivity index is 2.50. The standard InChI is InChI=1S/C13H17ClO2/c1-13(2,3)16-9-11(15)8-10-6-4-5-7-12(10)14/h4-7H,8-9H2,1-3H3. The maximum atomic E-state index is 11.6. The van der Waals surface area contributed by atoms with Gasteiger partial charge in [0.2, 0.25) is 0 Å². The van der Waals surface area contributed by atoms with Crippen LogP contribution in [0.4, 0.5) is 0 Å². The molecule has 0 aromatic heterocycles. The number of ketones is 1. The second-order valence-electron chi connectivity index (χ2n) is 4.71. The number of ether oxygens (including phenoxy) is 1. The van der Waals surface area contributed by atoms with Crippen molar-refractivity contribution in [1.82, 2.24) is 0 Å². The van der Waals surface area contributed by atoms with E-state index in [1.165, 1.54) is 0 Å². The quantitative estimate of drug-likeness (QED) is 0.808. The number of carbonyl (C=O) groups excluding carboxylic acids is 1. The van der Waals surface area contributed by atoms with Crippen LogP contribution in [0.5, 0.6) is 0 Å². The Bertz CT molecular complexity index is 366. The van der Waals surface area contributed by atoms with Crippen LogP contribution in [0.25, 0.3) is 0 Å². The Morgan fingerprint density at radius 3 is 2.50 bits per heavy atom. The van der Waals surface area contributed by atoms with E-state index in [1.54, 1.807) is 6.07 Å². The minimum absolute atomic E-state index is 0.0445. The highest BCUT2D eigenvalue weighted by Gasteiger charge is 2.13. The zero-order valence-corrected chi connectivity index (χ0v) is 10.7. The summed E-state index contributed by atoms with van der Waals surface area (Å²) >= 11 is 5.97. The van der Waals surface area contributed by atoms with Crippen LogP contribution in [0.1, 0.15) is 26.3 Å². The van der Waals surface area contributed by atoms with Crippen molar-refractivity contribution < 1.29 is 9.53 Å². The van der Waals surface area contributed by atoms with Crippen LogP contribution in [0.15, 0.2) is 24.3 Å². The third-order valence-corrected chi connectivity index (χ3v) is 2.38. The first-order valence-corrected chi connectivity index (χ1v) is 5.65. The van der Waals surface area contributed by atoms with Crippen LogP contribution in [0.2, 0.25) is 5.02 Å². The zero-order valence-electron chi connectivity index (χ0n) is 9.92. The van der Waals surface area contributed by atoms with Crippen molar-refractivity contribution >= 4 is 17.4 Å². The highest BCUT2D eigenvalue weighted by Crippen LogP contribution is 2.16. The molecule has 0 saturated heterocycles. The van der Waals surface area contributed by atoms with Crippen molar-refractivity contribution in [2.45, 2.75) is 32.8 Å². The van der Waals surface area contributed by atoms with Gasteiger partial charge in [-0.1, -0.05) is 29.8 Å². The Kier molecular flexibility index (Phi) is 4.51. The predicted octanol–water partition coefficient (Wildman–Crippen LogP) is 3.27. The van der Waals surface area contributed by atoms with Crippen molar-refractivity contribution in [3.8, 4) is 0 Å². The Morgan fingerprint density at radius 2 is 1.94 bits per heavy atom. The van der Waals surface area contributed by atoms with E-state index in [1.807, 2.05) is 39.0 Å². The monoisotopic (exact) mass is 240 g/mol. The summed E-state index contributed by atoms with van der Waals surface area (Å²) in [6.45, 7) is 5.91. The van der Waals surface area contributed by atoms with Crippen molar-refractivity contribution in [2.24, 2.45) is 0 Å². The third-order valence-electron chi connectivity index (χ3n) is 2.01. The van der Waals surface area contributed by atoms with E-state index in [0.29, 0.717) is 11.4 Å². The van der Waals surface area contributed by atoms with Gasteiger partial charge in [0.05, 0.1) is 5.60 Å². The molecule has 0 aliphatic carbocycles. The van der Waals surface area contributed by atoms with Gasteiger partial charge < -0.3 is 4.74 Å². The van der Waals surface area contributed by atoms with E-state index in [-0.39, 0.29) is 18.0 Å². The van der Waals surface area contributed by atoms with Crippen LogP contribution in [-0.4, -0.2) is 18.0 Å². The second kappa shape index (κ2) is 5.46. The van der Waals surface area contributed by atoms with Gasteiger partial charge >= 0.3 is 0 Å². The molecule has 3 heteroatoms. The van der Waals surface area contributed by atoms with Crippen molar-refractivity contribution in [3.05, 3.63) is 34.9 Å². The minimum Gasteiger partial charge on any atom is -0.368 e. The molecule has 2 nitrogen and oxygen atoms in total. The third kappa shape index (κ3) is 4.77. The molecule has 0 aliphatic heterocycles. The van der Waals surface area contributed by atoms with Crippen LogP contribution < -0.4 is 0 Å². The molecule has 1 aromatic rings. The highest BCUT2D eigenvalue weighted by atomic mass is 35.5. The summed E-state index contributed by atoms with van der Waals surface area (Å²) < 4.78 is 5.41. The smallest absolute Gasteiger partial charge is 0.162 e. The Hall–Kier alpha value is -0.860. The fourth-order valence-corrected chi connectivity index (χ4v) is 1.40. The number of halogens is 1. The summed E-state index contributed by atoms with van der Waals surface area (Å²) in [7, 11) is 0. The summed E-state index contributed by atoms with van der Waals surface area (Å²) in [5.74, 6) is 0.0445. The fraction of sp³-hybridized carbons (Fsp3) is 0.462. The second-order valence-corrected chi connectivity index (χ2v) is 5.12. The fourth-order valence-electron chi connectivity index (χ4n) is 1.20. The Morgan fingerprint density at radius 1 is 1.31 bits per heavy atom. The van der Waals surface area contributed by atoms with Crippen LogP contribution >= 0.6 is 11.6 Å². The van der Waals surface area contributed by atoms with Gasteiger partial charge in [-0.05, 0) is 32.4 Å². The predicted molar refractivity (Wildman–Crippen MR) is 65.9 cm³/mol. The van der Waals surface area contributed by atoms with Crippen LogP contribution in [0, 0.1) is 0 Å². The lowest BCUT2D eigenvalue weighted by atomic mass is 10.1. The van der Waals surface area contributed by atoms with E-state index in [2.05, 4.69) is 0 Å². The number of carbonyl (C=O) groups is 1. The molecular weight excluding hydrogens is 224 g/mol. The maximum absolute atomic E-state index is 11.6. The molecule has 88 valence electrons. The average Bonchev–Trinajstić information content (AvgIpc) is 2.18. The number of benzene rings is 1. The minimum atomic E-state index is -0.282. The molecule has 0 radical (unpaired) electrons. The molecule has 0 heterocycles. The molecular formula is C13H17ClO2. The van der Waals surface area contributed by atoms with Gasteiger partial charge in [0, 0.05) is 11.4 Å². The number of Topliss-reactive ketones (excluding diaryl/α,β-unsaturated/α-hetero) is 1. The summed E-state index contributed by atoms with van der Waals surface area (Å²) in [6.07, 6.45) is 0.329. The van der Waals surface area contributed by atoms with Gasteiger partial charge in [-0.2, -0.15) is 0 Å². The molecule has 0 N–H and O–H groups in total. The molecule has 0 amide bonds. The van der Waals surface area contributed by atoms with Crippen molar-refractivity contribution in [3.63, 3.8) is 0 Å². The molecule has 0 aliphatic rings. The normalized spacial score (nSPS) is 11.5. The lowest BCUT2D eigenvalue weighted by Gasteiger charge is -2.18. The number of hydrogen-bond donors (Lipinski definition) is 0. The summed E-state index contributed by atoms with van der Waals surface area (Å²) in [4.78, 5) is 11.6. The van der Waals surface area contributed by atoms with Gasteiger partial charge in [-0.3, -0.25) is 4.79 Å². The molecule has 1 rings (SSSR count). The van der Waals surface area contributed by atoms with Gasteiger partial charge in [0.1, 0.15) is 6.61 Å². The molecule has 0 saturated carbocycles. The molecule has 0 bridgehead atoms. The first kappa shape index (κ1) is 13.2. The first-order chi connectivity index (χ1) is 7.38. The average molecular weight is 241 g/mol. The summed E-state index contributed by atoms with van der Waals surface area (Å²) in [6, 6.07) is 7.37. The van der Waals surface area contributed by atoms with E-state index in [4.69, 9.17) is 16.3 Å². The van der Waals surface area contributed by atoms with Gasteiger partial charge in [0.15, 0.2) is 5.78 Å².